The fraction of sp³-hybridized carbons (Fsp3) is 0.333. The van der Waals surface area contributed by atoms with Gasteiger partial charge in [-0.25, -0.2) is 9.37 Å². The summed E-state index contributed by atoms with van der Waals surface area (Å²) in [6.45, 7) is 1.55. The number of anilines is 3. The number of ether oxygens (including phenoxy) is 2. The third-order valence-corrected chi connectivity index (χ3v) is 8.56. The van der Waals surface area contributed by atoms with Crippen LogP contribution in [0.4, 0.5) is 22.0 Å². The van der Waals surface area contributed by atoms with Crippen LogP contribution in [0.25, 0.3) is 22.0 Å². The van der Waals surface area contributed by atoms with Gasteiger partial charge in [-0.15, -0.1) is 0 Å². The zero-order chi connectivity index (χ0) is 28.4. The molecule has 2 aliphatic heterocycles. The SMILES string of the molecule is Cn1cc(-c2ccc3nc(N4CCC(N)(c5ccc6c(c5)OCO6)CC4)nc(Nc4n[nH]c(C5CC5)c4F)c3c2)cn1. The van der Waals surface area contributed by atoms with Gasteiger partial charge in [-0.1, -0.05) is 12.1 Å². The van der Waals surface area contributed by atoms with Crippen molar-refractivity contribution in [3.8, 4) is 22.6 Å². The molecule has 2 aromatic carbocycles. The summed E-state index contributed by atoms with van der Waals surface area (Å²) in [5.41, 5.74) is 10.7. The molecule has 5 aromatic rings. The highest BCUT2D eigenvalue weighted by Crippen LogP contribution is 2.42. The minimum atomic E-state index is -0.509. The van der Waals surface area contributed by atoms with Gasteiger partial charge < -0.3 is 25.4 Å². The van der Waals surface area contributed by atoms with Crippen molar-refractivity contribution in [2.75, 3.05) is 30.1 Å². The number of rotatable bonds is 6. The van der Waals surface area contributed by atoms with Gasteiger partial charge in [0.2, 0.25) is 12.7 Å². The number of aromatic amines is 1. The quantitative estimate of drug-likeness (QED) is 0.267. The predicted octanol–water partition coefficient (Wildman–Crippen LogP) is 4.70. The number of nitrogens with two attached hydrogens (primary N) is 1. The summed E-state index contributed by atoms with van der Waals surface area (Å²) >= 11 is 0. The second kappa shape index (κ2) is 9.41. The number of benzene rings is 2. The number of aromatic nitrogens is 6. The van der Waals surface area contributed by atoms with E-state index in [1.165, 1.54) is 0 Å². The second-order valence-corrected chi connectivity index (χ2v) is 11.4. The first kappa shape index (κ1) is 25.0. The number of H-pyrrole nitrogens is 1. The Morgan fingerprint density at radius 3 is 2.64 bits per heavy atom. The minimum absolute atomic E-state index is 0.136. The van der Waals surface area contributed by atoms with E-state index in [1.807, 2.05) is 55.8 Å². The molecule has 11 nitrogen and oxygen atoms in total. The van der Waals surface area contributed by atoms with Crippen molar-refractivity contribution >= 4 is 28.5 Å². The Labute approximate surface area is 240 Å². The first-order chi connectivity index (χ1) is 20.4. The molecule has 214 valence electrons. The van der Waals surface area contributed by atoms with E-state index in [0.717, 1.165) is 51.9 Å². The van der Waals surface area contributed by atoms with Crippen LogP contribution in [0.2, 0.25) is 0 Å². The molecule has 3 aliphatic rings. The first-order valence-electron chi connectivity index (χ1n) is 14.2. The van der Waals surface area contributed by atoms with Crippen molar-refractivity contribution in [2.45, 2.75) is 37.1 Å². The van der Waals surface area contributed by atoms with Crippen molar-refractivity contribution in [3.05, 3.63) is 65.9 Å². The highest BCUT2D eigenvalue weighted by molar-refractivity contribution is 5.94. The van der Waals surface area contributed by atoms with E-state index in [9.17, 15) is 0 Å². The number of hydrogen-bond acceptors (Lipinski definition) is 9. The standard InChI is InChI=1S/C30H30FN9O2/c1-39-15-19(14-33-39)18-4-6-22-21(12-18)27(35-28-25(31)26(37-38-28)17-2-3-17)36-29(34-22)40-10-8-30(32,9-11-40)20-5-7-23-24(13-20)42-16-41-23/h4-7,12-15,17H,2-3,8-11,16,32H2,1H3,(H2,34,35,36,37,38). The number of piperidine rings is 1. The molecule has 0 radical (unpaired) electrons. The van der Waals surface area contributed by atoms with Gasteiger partial charge in [0.1, 0.15) is 5.82 Å². The lowest BCUT2D eigenvalue weighted by molar-refractivity contribution is 0.174. The van der Waals surface area contributed by atoms with Crippen LogP contribution in [0.15, 0.2) is 48.8 Å². The first-order valence-corrected chi connectivity index (χ1v) is 14.2. The Morgan fingerprint density at radius 2 is 1.86 bits per heavy atom. The molecule has 1 aliphatic carbocycles. The minimum Gasteiger partial charge on any atom is -0.454 e. The van der Waals surface area contributed by atoms with E-state index in [1.54, 1.807) is 4.68 Å². The van der Waals surface area contributed by atoms with E-state index in [2.05, 4.69) is 25.5 Å². The average molecular weight is 568 g/mol. The summed E-state index contributed by atoms with van der Waals surface area (Å²) in [6.07, 6.45) is 7.11. The molecule has 0 bridgehead atoms. The monoisotopic (exact) mass is 567 g/mol. The number of nitrogens with one attached hydrogen (secondary N) is 2. The van der Waals surface area contributed by atoms with Gasteiger partial charge in [0.05, 0.1) is 17.4 Å². The van der Waals surface area contributed by atoms with Crippen molar-refractivity contribution in [1.29, 1.82) is 0 Å². The lowest BCUT2D eigenvalue weighted by Crippen LogP contribution is -2.48. The normalized spacial score (nSPS) is 17.6. The molecule has 3 aromatic heterocycles. The summed E-state index contributed by atoms with van der Waals surface area (Å²) < 4.78 is 28.1. The van der Waals surface area contributed by atoms with Crippen molar-refractivity contribution in [1.82, 2.24) is 29.9 Å². The van der Waals surface area contributed by atoms with Crippen LogP contribution >= 0.6 is 0 Å². The van der Waals surface area contributed by atoms with Gasteiger partial charge in [-0.05, 0) is 61.1 Å². The van der Waals surface area contributed by atoms with E-state index in [-0.39, 0.29) is 24.3 Å². The van der Waals surface area contributed by atoms with E-state index >= 15 is 4.39 Å². The van der Waals surface area contributed by atoms with Crippen LogP contribution in [0.3, 0.4) is 0 Å². The maximum atomic E-state index is 15.3. The van der Waals surface area contributed by atoms with Crippen LogP contribution in [0, 0.1) is 5.82 Å². The molecule has 5 heterocycles. The second-order valence-electron chi connectivity index (χ2n) is 11.4. The van der Waals surface area contributed by atoms with Gasteiger partial charge in [0.25, 0.3) is 0 Å². The molecule has 12 heteroatoms. The van der Waals surface area contributed by atoms with Crippen LogP contribution in [0.1, 0.15) is 42.9 Å². The highest BCUT2D eigenvalue weighted by Gasteiger charge is 2.35. The Hall–Kier alpha value is -4.71. The number of fused-ring (bicyclic) bond motifs is 2. The fourth-order valence-corrected chi connectivity index (χ4v) is 5.88. The molecular weight excluding hydrogens is 537 g/mol. The fourth-order valence-electron chi connectivity index (χ4n) is 5.88. The van der Waals surface area contributed by atoms with Crippen molar-refractivity contribution < 1.29 is 13.9 Å². The van der Waals surface area contributed by atoms with E-state index in [4.69, 9.17) is 25.2 Å². The zero-order valence-electron chi connectivity index (χ0n) is 23.1. The Bertz CT molecular complexity index is 1820. The molecule has 0 spiro atoms. The van der Waals surface area contributed by atoms with Gasteiger partial charge in [-0.3, -0.25) is 9.78 Å². The summed E-state index contributed by atoms with van der Waals surface area (Å²) in [4.78, 5) is 12.0. The smallest absolute Gasteiger partial charge is 0.231 e. The highest BCUT2D eigenvalue weighted by atomic mass is 19.1. The van der Waals surface area contributed by atoms with Crippen LogP contribution in [0.5, 0.6) is 11.5 Å². The maximum Gasteiger partial charge on any atom is 0.231 e. The summed E-state index contributed by atoms with van der Waals surface area (Å²) in [7, 11) is 1.88. The zero-order valence-corrected chi connectivity index (χ0v) is 23.1. The Kier molecular flexibility index (Phi) is 5.61. The Balaban J connectivity index is 1.12. The topological polar surface area (TPSA) is 132 Å². The van der Waals surface area contributed by atoms with Gasteiger partial charge in [0.15, 0.2) is 23.1 Å². The third kappa shape index (κ3) is 4.30. The van der Waals surface area contributed by atoms with Crippen molar-refractivity contribution in [3.63, 3.8) is 0 Å². The number of hydrogen-bond donors (Lipinski definition) is 3. The van der Waals surface area contributed by atoms with Gasteiger partial charge in [0, 0.05) is 48.7 Å². The van der Waals surface area contributed by atoms with Crippen LogP contribution in [-0.2, 0) is 12.6 Å². The van der Waals surface area contributed by atoms with Crippen LogP contribution < -0.4 is 25.4 Å². The van der Waals surface area contributed by atoms with Crippen molar-refractivity contribution in [2.24, 2.45) is 12.8 Å². The van der Waals surface area contributed by atoms with E-state index in [0.29, 0.717) is 43.4 Å². The summed E-state index contributed by atoms with van der Waals surface area (Å²) in [6, 6.07) is 11.9. The van der Waals surface area contributed by atoms with Gasteiger partial charge >= 0.3 is 0 Å². The molecule has 42 heavy (non-hydrogen) atoms. The summed E-state index contributed by atoms with van der Waals surface area (Å²) in [5.74, 6) is 2.51. The number of halogens is 1. The maximum absolute atomic E-state index is 15.3. The largest absolute Gasteiger partial charge is 0.454 e. The molecule has 0 atom stereocenters. The van der Waals surface area contributed by atoms with Crippen LogP contribution in [-0.4, -0.2) is 49.8 Å². The molecule has 8 rings (SSSR count). The molecule has 4 N–H and O–H groups in total. The number of nitrogens with zero attached hydrogens (tertiary/aromatic N) is 6. The lowest BCUT2D eigenvalue weighted by Gasteiger charge is -2.39. The Morgan fingerprint density at radius 1 is 1.02 bits per heavy atom. The summed E-state index contributed by atoms with van der Waals surface area (Å²) in [5, 5.41) is 15.4. The molecule has 0 amide bonds. The van der Waals surface area contributed by atoms with E-state index < -0.39 is 5.54 Å². The third-order valence-electron chi connectivity index (χ3n) is 8.56. The predicted molar refractivity (Wildman–Crippen MR) is 155 cm³/mol. The van der Waals surface area contributed by atoms with Gasteiger partial charge in [-0.2, -0.15) is 15.2 Å². The molecule has 1 saturated heterocycles. The molecular formula is C30H30FN9O2. The lowest BCUT2D eigenvalue weighted by atomic mass is 9.82. The molecule has 2 fully saturated rings. The number of aryl methyl sites for hydroxylation is 1. The molecule has 0 unspecified atom stereocenters. The average Bonchev–Trinajstić information content (AvgIpc) is 3.38. The molecule has 1 saturated carbocycles.